The molecule has 1 aromatic heterocycles. The number of rotatable bonds is 8. The molecule has 0 saturated carbocycles. The predicted octanol–water partition coefficient (Wildman–Crippen LogP) is 3.14. The second kappa shape index (κ2) is 11.5. The Morgan fingerprint density at radius 2 is 2.13 bits per heavy atom. The van der Waals surface area contributed by atoms with Gasteiger partial charge in [-0.05, 0) is 72.8 Å². The minimum absolute atomic E-state index is 0.0833. The van der Waals surface area contributed by atoms with E-state index in [0.29, 0.717) is 41.5 Å². The zero-order valence-corrected chi connectivity index (χ0v) is 22.0. The average Bonchev–Trinajstić information content (AvgIpc) is 3.52. The maximum atomic E-state index is 13.2. The van der Waals surface area contributed by atoms with Gasteiger partial charge in [-0.1, -0.05) is 12.1 Å². The van der Waals surface area contributed by atoms with E-state index in [4.69, 9.17) is 10.1 Å². The third kappa shape index (κ3) is 5.65. The van der Waals surface area contributed by atoms with Crippen LogP contribution in [0, 0.1) is 5.41 Å². The topological polar surface area (TPSA) is 143 Å². The lowest BCUT2D eigenvalue weighted by molar-refractivity contribution is 0.0746. The van der Waals surface area contributed by atoms with Gasteiger partial charge in [0, 0.05) is 42.6 Å². The summed E-state index contributed by atoms with van der Waals surface area (Å²) in [5, 5.41) is 38.8. The highest BCUT2D eigenvalue weighted by Gasteiger charge is 2.26. The number of anilines is 3. The van der Waals surface area contributed by atoms with Gasteiger partial charge in [0.05, 0.1) is 19.3 Å². The Labute approximate surface area is 225 Å². The van der Waals surface area contributed by atoms with E-state index in [1.807, 2.05) is 18.2 Å². The van der Waals surface area contributed by atoms with Crippen molar-refractivity contribution < 1.29 is 19.7 Å². The van der Waals surface area contributed by atoms with Gasteiger partial charge in [-0.3, -0.25) is 10.2 Å². The molecule has 2 aliphatic rings. The standard InChI is InChI=1S/C27H32N6O4S/c1-16(34)18-4-7-22-19(14-18)9-12-33(22)27(36)17-2-5-20(6-3-17)31-26-23(25(35)32-38-26)24(28)30-10-8-21-15-37-13-11-29-21/h2-7,14,16,21,29,31,34H,8-13,15H2,1H3,(H2,28,30)(H,32,35). The van der Waals surface area contributed by atoms with Gasteiger partial charge in [0.2, 0.25) is 5.88 Å². The van der Waals surface area contributed by atoms with Crippen LogP contribution in [0.2, 0.25) is 0 Å². The third-order valence-electron chi connectivity index (χ3n) is 6.83. The van der Waals surface area contributed by atoms with Gasteiger partial charge in [-0.15, -0.1) is 0 Å². The molecule has 3 heterocycles. The average molecular weight is 537 g/mol. The number of nitrogens with one attached hydrogen (secondary N) is 4. The highest BCUT2D eigenvalue weighted by atomic mass is 32.1. The summed E-state index contributed by atoms with van der Waals surface area (Å²) >= 11 is 1.07. The fourth-order valence-corrected chi connectivity index (χ4v) is 5.45. The largest absolute Gasteiger partial charge is 0.492 e. The number of carbonyl (C=O) groups is 1. The number of aliphatic hydroxyl groups is 1. The van der Waals surface area contributed by atoms with Crippen LogP contribution in [0.3, 0.4) is 0 Å². The fraction of sp³-hybridized carbons (Fsp3) is 0.370. The van der Waals surface area contributed by atoms with Crippen LogP contribution in [-0.2, 0) is 11.2 Å². The number of aliphatic hydroxyl groups excluding tert-OH is 1. The molecule has 2 unspecified atom stereocenters. The fourth-order valence-electron chi connectivity index (χ4n) is 4.73. The minimum atomic E-state index is -0.542. The summed E-state index contributed by atoms with van der Waals surface area (Å²) in [6, 6.07) is 13.1. The lowest BCUT2D eigenvalue weighted by Crippen LogP contribution is -2.43. The third-order valence-corrected chi connectivity index (χ3v) is 7.59. The lowest BCUT2D eigenvalue weighted by atomic mass is 10.1. The summed E-state index contributed by atoms with van der Waals surface area (Å²) in [4.78, 5) is 15.0. The van der Waals surface area contributed by atoms with E-state index in [0.717, 1.165) is 54.3 Å². The number of amidine groups is 1. The smallest absolute Gasteiger partial charge is 0.258 e. The molecule has 0 bridgehead atoms. The first-order chi connectivity index (χ1) is 18.4. The van der Waals surface area contributed by atoms with Crippen LogP contribution in [0.4, 0.5) is 16.4 Å². The zero-order chi connectivity index (χ0) is 26.6. The van der Waals surface area contributed by atoms with Gasteiger partial charge >= 0.3 is 0 Å². The van der Waals surface area contributed by atoms with Crippen LogP contribution in [0.5, 0.6) is 5.88 Å². The van der Waals surface area contributed by atoms with Crippen LogP contribution >= 0.6 is 11.5 Å². The summed E-state index contributed by atoms with van der Waals surface area (Å²) in [5.74, 6) is -0.193. The van der Waals surface area contributed by atoms with Gasteiger partial charge in [-0.25, -0.2) is 0 Å². The number of ether oxygens (including phenoxy) is 1. The normalized spacial score (nSPS) is 17.6. The SMILES string of the molecule is CC(O)c1ccc2c(c1)CCN2C(=O)c1ccc(Nc2snc(O)c2C(=N)NCCC2COCCN2)cc1. The first kappa shape index (κ1) is 26.1. The van der Waals surface area contributed by atoms with E-state index in [2.05, 4.69) is 20.3 Å². The van der Waals surface area contributed by atoms with Crippen molar-refractivity contribution >= 4 is 39.7 Å². The van der Waals surface area contributed by atoms with Crippen LogP contribution < -0.4 is 20.9 Å². The van der Waals surface area contributed by atoms with Crippen molar-refractivity contribution in [2.75, 3.05) is 43.1 Å². The summed E-state index contributed by atoms with van der Waals surface area (Å²) < 4.78 is 9.47. The van der Waals surface area contributed by atoms with E-state index in [1.165, 1.54) is 0 Å². The summed E-state index contributed by atoms with van der Waals surface area (Å²) in [6.07, 6.45) is 1.01. The van der Waals surface area contributed by atoms with Crippen molar-refractivity contribution in [3.05, 3.63) is 64.7 Å². The highest BCUT2D eigenvalue weighted by Crippen LogP contribution is 2.34. The molecule has 38 heavy (non-hydrogen) atoms. The van der Waals surface area contributed by atoms with E-state index in [1.54, 1.807) is 36.1 Å². The molecule has 3 aromatic rings. The Kier molecular flexibility index (Phi) is 7.89. The van der Waals surface area contributed by atoms with E-state index in [9.17, 15) is 15.0 Å². The van der Waals surface area contributed by atoms with Crippen molar-refractivity contribution in [3.63, 3.8) is 0 Å². The molecule has 2 atom stereocenters. The molecular formula is C27H32N6O4S. The number of aromatic nitrogens is 1. The second-order valence-corrected chi connectivity index (χ2v) is 10.3. The Balaban J connectivity index is 1.22. The number of hydrogen-bond acceptors (Lipinski definition) is 9. The maximum absolute atomic E-state index is 13.2. The van der Waals surface area contributed by atoms with Crippen molar-refractivity contribution in [2.45, 2.75) is 31.9 Å². The first-order valence-corrected chi connectivity index (χ1v) is 13.5. The Morgan fingerprint density at radius 1 is 1.32 bits per heavy atom. The van der Waals surface area contributed by atoms with Crippen LogP contribution in [0.15, 0.2) is 42.5 Å². The molecular weight excluding hydrogens is 504 g/mol. The van der Waals surface area contributed by atoms with E-state index >= 15 is 0 Å². The van der Waals surface area contributed by atoms with Crippen molar-refractivity contribution in [1.29, 1.82) is 5.41 Å². The molecule has 0 radical (unpaired) electrons. The van der Waals surface area contributed by atoms with Crippen LogP contribution in [0.25, 0.3) is 0 Å². The van der Waals surface area contributed by atoms with Gasteiger partial charge in [0.25, 0.3) is 5.91 Å². The van der Waals surface area contributed by atoms with E-state index in [-0.39, 0.29) is 23.7 Å². The molecule has 2 aliphatic heterocycles. The first-order valence-electron chi connectivity index (χ1n) is 12.7. The molecule has 200 valence electrons. The molecule has 0 spiro atoms. The molecule has 11 heteroatoms. The highest BCUT2D eigenvalue weighted by molar-refractivity contribution is 7.11. The molecule has 6 N–H and O–H groups in total. The number of aromatic hydroxyl groups is 1. The summed E-state index contributed by atoms with van der Waals surface area (Å²) in [5.41, 5.74) is 4.38. The monoisotopic (exact) mass is 536 g/mol. The van der Waals surface area contributed by atoms with Crippen LogP contribution in [-0.4, -0.2) is 65.2 Å². The Hall–Kier alpha value is -3.51. The molecule has 1 fully saturated rings. The predicted molar refractivity (Wildman–Crippen MR) is 148 cm³/mol. The van der Waals surface area contributed by atoms with Crippen LogP contribution in [0.1, 0.15) is 46.5 Å². The van der Waals surface area contributed by atoms with Gasteiger partial charge in [-0.2, -0.15) is 4.37 Å². The molecule has 5 rings (SSSR count). The molecule has 2 aromatic carbocycles. The number of nitrogens with zero attached hydrogens (tertiary/aromatic N) is 2. The number of morpholine rings is 1. The Morgan fingerprint density at radius 3 is 2.87 bits per heavy atom. The van der Waals surface area contributed by atoms with Gasteiger partial charge < -0.3 is 35.8 Å². The molecule has 10 nitrogen and oxygen atoms in total. The number of amides is 1. The quantitative estimate of drug-likeness (QED) is 0.190. The Bertz CT molecular complexity index is 1300. The number of fused-ring (bicyclic) bond motifs is 1. The van der Waals surface area contributed by atoms with Gasteiger partial charge in [0.1, 0.15) is 16.4 Å². The van der Waals surface area contributed by atoms with Crippen molar-refractivity contribution in [2.24, 2.45) is 0 Å². The maximum Gasteiger partial charge on any atom is 0.258 e. The minimum Gasteiger partial charge on any atom is -0.492 e. The summed E-state index contributed by atoms with van der Waals surface area (Å²) in [7, 11) is 0. The summed E-state index contributed by atoms with van der Waals surface area (Å²) in [6.45, 7) is 5.09. The number of carbonyl (C=O) groups excluding carboxylic acids is 1. The van der Waals surface area contributed by atoms with E-state index < -0.39 is 6.10 Å². The molecule has 0 aliphatic carbocycles. The second-order valence-electron chi connectivity index (χ2n) is 9.50. The molecule has 1 amide bonds. The van der Waals surface area contributed by atoms with Crippen molar-refractivity contribution in [1.82, 2.24) is 15.0 Å². The zero-order valence-electron chi connectivity index (χ0n) is 21.2. The number of hydrogen-bond donors (Lipinski definition) is 6. The molecule has 1 saturated heterocycles. The number of benzene rings is 2. The van der Waals surface area contributed by atoms with Crippen molar-refractivity contribution in [3.8, 4) is 5.88 Å². The lowest BCUT2D eigenvalue weighted by Gasteiger charge is -2.24. The van der Waals surface area contributed by atoms with Gasteiger partial charge in [0.15, 0.2) is 0 Å².